The number of nitrogens with one attached hydrogen (secondary N) is 2. The Labute approximate surface area is 168 Å². The summed E-state index contributed by atoms with van der Waals surface area (Å²) in [5.74, 6) is 0.0715. The summed E-state index contributed by atoms with van der Waals surface area (Å²) >= 11 is 0. The van der Waals surface area contributed by atoms with Gasteiger partial charge < -0.3 is 10.6 Å². The Bertz CT molecular complexity index is 817. The summed E-state index contributed by atoms with van der Waals surface area (Å²) in [6, 6.07) is 7.77. The molecule has 0 saturated heterocycles. The van der Waals surface area contributed by atoms with Gasteiger partial charge in [0.2, 0.25) is 0 Å². The molecule has 0 fully saturated rings. The highest BCUT2D eigenvalue weighted by atomic mass is 16.2. The Hall–Kier alpha value is -2.69. The molecule has 2 rings (SSSR count). The van der Waals surface area contributed by atoms with Crippen LogP contribution in [0.25, 0.3) is 0 Å². The number of carbonyl (C=O) groups excluding carboxylic acids is 2. The topological polar surface area (TPSA) is 71.1 Å². The highest BCUT2D eigenvalue weighted by Crippen LogP contribution is 2.32. The van der Waals surface area contributed by atoms with E-state index in [4.69, 9.17) is 0 Å². The second kappa shape index (κ2) is 9.49. The third-order valence-corrected chi connectivity index (χ3v) is 4.86. The molecule has 0 aliphatic carbocycles. The van der Waals surface area contributed by atoms with Crippen LogP contribution < -0.4 is 10.6 Å². The van der Waals surface area contributed by atoms with Crippen LogP contribution in [0.4, 0.5) is 5.69 Å². The Kier molecular flexibility index (Phi) is 7.32. The van der Waals surface area contributed by atoms with Crippen LogP contribution in [0.15, 0.2) is 36.7 Å². The average Bonchev–Trinajstić information content (AvgIpc) is 2.67. The lowest BCUT2D eigenvalue weighted by Crippen LogP contribution is -2.32. The predicted molar refractivity (Wildman–Crippen MR) is 114 cm³/mol. The molecule has 1 atom stereocenters. The van der Waals surface area contributed by atoms with Crippen molar-refractivity contribution < 1.29 is 9.59 Å². The summed E-state index contributed by atoms with van der Waals surface area (Å²) in [6.45, 7) is 12.4. The zero-order chi connectivity index (χ0) is 20.8. The Morgan fingerprint density at radius 1 is 0.929 bits per heavy atom. The fourth-order valence-electron chi connectivity index (χ4n) is 2.98. The van der Waals surface area contributed by atoms with E-state index >= 15 is 0 Å². The highest BCUT2D eigenvalue weighted by Gasteiger charge is 2.18. The third kappa shape index (κ3) is 5.18. The molecule has 0 aliphatic rings. The van der Waals surface area contributed by atoms with Crippen molar-refractivity contribution in [1.82, 2.24) is 10.3 Å². The number of nitrogens with zero attached hydrogens (tertiary/aromatic N) is 1. The van der Waals surface area contributed by atoms with Gasteiger partial charge in [-0.05, 0) is 42.4 Å². The molecule has 1 aromatic carbocycles. The van der Waals surface area contributed by atoms with Crippen molar-refractivity contribution in [3.05, 3.63) is 58.9 Å². The number of pyridine rings is 1. The largest absolute Gasteiger partial charge is 0.350 e. The molecular weight excluding hydrogens is 350 g/mol. The van der Waals surface area contributed by atoms with Crippen LogP contribution in [0, 0.1) is 0 Å². The molecule has 2 N–H and O–H groups in total. The van der Waals surface area contributed by atoms with Crippen LogP contribution >= 0.6 is 0 Å². The summed E-state index contributed by atoms with van der Waals surface area (Å²) in [5.41, 5.74) is 3.79. The molecule has 0 bridgehead atoms. The smallest absolute Gasteiger partial charge is 0.257 e. The van der Waals surface area contributed by atoms with Crippen LogP contribution in [0.3, 0.4) is 0 Å². The lowest BCUT2D eigenvalue weighted by molar-refractivity contribution is 0.0939. The lowest BCUT2D eigenvalue weighted by atomic mass is 9.92. The first-order chi connectivity index (χ1) is 13.2. The fraction of sp³-hybridized carbons (Fsp3) is 0.435. The average molecular weight is 382 g/mol. The van der Waals surface area contributed by atoms with Crippen LogP contribution in [-0.2, 0) is 0 Å². The summed E-state index contributed by atoms with van der Waals surface area (Å²) in [5, 5.41) is 5.96. The first kappa shape index (κ1) is 21.6. The number of hydrogen-bond acceptors (Lipinski definition) is 3. The second-order valence-electron chi connectivity index (χ2n) is 7.82. The molecule has 1 unspecified atom stereocenters. The van der Waals surface area contributed by atoms with Crippen molar-refractivity contribution in [1.29, 1.82) is 0 Å². The standard InChI is InChI=1S/C23H31N3O2/c1-7-16(6)25-22(27)17-11-18(13-24-12-17)23(28)26-21-19(14(2)3)9-8-10-20(21)15(4)5/h8-16H,7H2,1-6H3,(H,25,27)(H,26,28). The fourth-order valence-corrected chi connectivity index (χ4v) is 2.98. The molecule has 150 valence electrons. The minimum absolute atomic E-state index is 0.0662. The zero-order valence-electron chi connectivity index (χ0n) is 17.7. The van der Waals surface area contributed by atoms with Crippen LogP contribution in [0.1, 0.15) is 91.6 Å². The van der Waals surface area contributed by atoms with Gasteiger partial charge in [-0.25, -0.2) is 0 Å². The van der Waals surface area contributed by atoms with E-state index in [1.165, 1.54) is 12.4 Å². The number of para-hydroxylation sites is 1. The summed E-state index contributed by atoms with van der Waals surface area (Å²) < 4.78 is 0. The number of benzene rings is 1. The van der Waals surface area contributed by atoms with Gasteiger partial charge in [0.25, 0.3) is 11.8 Å². The van der Waals surface area contributed by atoms with E-state index < -0.39 is 0 Å². The molecule has 5 heteroatoms. The van der Waals surface area contributed by atoms with Crippen molar-refractivity contribution in [2.24, 2.45) is 0 Å². The molecular formula is C23H31N3O2. The first-order valence-electron chi connectivity index (χ1n) is 9.94. The molecule has 2 amide bonds. The van der Waals surface area contributed by atoms with Gasteiger partial charge in [-0.2, -0.15) is 0 Å². The predicted octanol–water partition coefficient (Wildman–Crippen LogP) is 5.11. The number of hydrogen-bond donors (Lipinski definition) is 2. The zero-order valence-corrected chi connectivity index (χ0v) is 17.7. The number of rotatable bonds is 7. The minimum atomic E-state index is -0.263. The van der Waals surface area contributed by atoms with Crippen molar-refractivity contribution >= 4 is 17.5 Å². The summed E-state index contributed by atoms with van der Waals surface area (Å²) in [7, 11) is 0. The van der Waals surface area contributed by atoms with Gasteiger partial charge in [0, 0.05) is 24.1 Å². The maximum absolute atomic E-state index is 12.9. The van der Waals surface area contributed by atoms with Gasteiger partial charge >= 0.3 is 0 Å². The van der Waals surface area contributed by atoms with E-state index in [0.29, 0.717) is 11.1 Å². The molecule has 1 aromatic heterocycles. The number of anilines is 1. The van der Waals surface area contributed by atoms with Crippen molar-refractivity contribution in [2.75, 3.05) is 5.32 Å². The van der Waals surface area contributed by atoms with E-state index in [9.17, 15) is 9.59 Å². The van der Waals surface area contributed by atoms with Crippen molar-refractivity contribution in [3.63, 3.8) is 0 Å². The molecule has 0 spiro atoms. The van der Waals surface area contributed by atoms with E-state index in [1.807, 2.05) is 32.0 Å². The van der Waals surface area contributed by atoms with Gasteiger partial charge in [-0.3, -0.25) is 14.6 Å². The van der Waals surface area contributed by atoms with Crippen molar-refractivity contribution in [3.8, 4) is 0 Å². The van der Waals surface area contributed by atoms with Gasteiger partial charge in [0.15, 0.2) is 0 Å². The number of aromatic nitrogens is 1. The molecule has 0 radical (unpaired) electrons. The van der Waals surface area contributed by atoms with E-state index in [0.717, 1.165) is 23.2 Å². The van der Waals surface area contributed by atoms with E-state index in [2.05, 4.69) is 43.3 Å². The van der Waals surface area contributed by atoms with Crippen LogP contribution in [-0.4, -0.2) is 22.8 Å². The maximum Gasteiger partial charge on any atom is 0.257 e. The highest BCUT2D eigenvalue weighted by molar-refractivity contribution is 6.06. The molecule has 28 heavy (non-hydrogen) atoms. The quantitative estimate of drug-likeness (QED) is 0.700. The maximum atomic E-state index is 12.9. The summed E-state index contributed by atoms with van der Waals surface area (Å²) in [4.78, 5) is 29.4. The Balaban J connectivity index is 2.31. The lowest BCUT2D eigenvalue weighted by Gasteiger charge is -2.20. The Morgan fingerprint density at radius 3 is 1.96 bits per heavy atom. The Morgan fingerprint density at radius 2 is 1.46 bits per heavy atom. The molecule has 5 nitrogen and oxygen atoms in total. The van der Waals surface area contributed by atoms with Crippen molar-refractivity contribution in [2.45, 2.75) is 65.8 Å². The van der Waals surface area contributed by atoms with Gasteiger partial charge in [0.05, 0.1) is 11.1 Å². The van der Waals surface area contributed by atoms with Gasteiger partial charge in [0.1, 0.15) is 0 Å². The normalized spacial score (nSPS) is 12.1. The molecule has 0 saturated carbocycles. The summed E-state index contributed by atoms with van der Waals surface area (Å²) in [6.07, 6.45) is 3.81. The van der Waals surface area contributed by atoms with E-state index in [1.54, 1.807) is 6.07 Å². The van der Waals surface area contributed by atoms with Gasteiger partial charge in [-0.15, -0.1) is 0 Å². The van der Waals surface area contributed by atoms with Crippen LogP contribution in [0.5, 0.6) is 0 Å². The van der Waals surface area contributed by atoms with E-state index in [-0.39, 0.29) is 29.7 Å². The van der Waals surface area contributed by atoms with Crippen LogP contribution in [0.2, 0.25) is 0 Å². The van der Waals surface area contributed by atoms with Gasteiger partial charge in [-0.1, -0.05) is 52.8 Å². The second-order valence-corrected chi connectivity index (χ2v) is 7.82. The SMILES string of the molecule is CCC(C)NC(=O)c1cncc(C(=O)Nc2c(C(C)C)cccc2C(C)C)c1. The monoisotopic (exact) mass is 381 g/mol. The number of amides is 2. The first-order valence-corrected chi connectivity index (χ1v) is 9.94. The number of carbonyl (C=O) groups is 2. The molecule has 2 aromatic rings. The third-order valence-electron chi connectivity index (χ3n) is 4.86. The molecule has 1 heterocycles. The molecule has 0 aliphatic heterocycles. The minimum Gasteiger partial charge on any atom is -0.350 e.